The molecule has 3 heterocycles. The Morgan fingerprint density at radius 2 is 2.00 bits per heavy atom. The van der Waals surface area contributed by atoms with Crippen LogP contribution in [-0.4, -0.2) is 24.0 Å². The van der Waals surface area contributed by atoms with Gasteiger partial charge in [0.15, 0.2) is 10.8 Å². The number of rotatable bonds is 4. The number of carbonyl (C=O) groups is 1. The quantitative estimate of drug-likeness (QED) is 0.681. The van der Waals surface area contributed by atoms with E-state index in [0.717, 1.165) is 35.5 Å². The monoisotopic (exact) mass is 381 g/mol. The smallest absolute Gasteiger partial charge is 0.267 e. The first-order valence-electron chi connectivity index (χ1n) is 9.20. The highest BCUT2D eigenvalue weighted by atomic mass is 32.1. The lowest BCUT2D eigenvalue weighted by Crippen LogP contribution is -2.19. The first-order valence-corrected chi connectivity index (χ1v) is 10.0. The maximum absolute atomic E-state index is 12.7. The van der Waals surface area contributed by atoms with Crippen LogP contribution in [0.4, 0.5) is 11.4 Å². The minimum Gasteiger partial charge on any atom is -0.459 e. The Morgan fingerprint density at radius 3 is 2.63 bits per heavy atom. The maximum atomic E-state index is 12.7. The van der Waals surface area contributed by atoms with Gasteiger partial charge in [-0.05, 0) is 62.6 Å². The summed E-state index contributed by atoms with van der Waals surface area (Å²) in [4.78, 5) is 20.2. The van der Waals surface area contributed by atoms with Gasteiger partial charge in [-0.25, -0.2) is 4.98 Å². The molecule has 0 saturated carbocycles. The van der Waals surface area contributed by atoms with E-state index in [2.05, 4.69) is 34.3 Å². The van der Waals surface area contributed by atoms with Gasteiger partial charge in [-0.2, -0.15) is 0 Å². The van der Waals surface area contributed by atoms with Gasteiger partial charge < -0.3 is 14.6 Å². The molecule has 1 N–H and O–H groups in total. The lowest BCUT2D eigenvalue weighted by molar-refractivity contribution is 0.103. The van der Waals surface area contributed by atoms with E-state index in [9.17, 15) is 4.79 Å². The zero-order chi connectivity index (χ0) is 19.0. The summed E-state index contributed by atoms with van der Waals surface area (Å²) in [5, 5.41) is 3.70. The van der Waals surface area contributed by atoms with Crippen molar-refractivity contribution in [2.75, 3.05) is 23.3 Å². The van der Waals surface area contributed by atoms with Crippen LogP contribution in [0.25, 0.3) is 10.8 Å². The maximum Gasteiger partial charge on any atom is 0.267 e. The van der Waals surface area contributed by atoms with Crippen LogP contribution in [0.5, 0.6) is 0 Å². The second-order valence-electron chi connectivity index (χ2n) is 7.18. The molecule has 1 fully saturated rings. The molecule has 1 saturated heterocycles. The number of nitrogens with zero attached hydrogens (tertiary/aromatic N) is 2. The third-order valence-electron chi connectivity index (χ3n) is 4.87. The van der Waals surface area contributed by atoms with Gasteiger partial charge in [0.05, 0.1) is 5.69 Å². The number of hydrogen-bond donors (Lipinski definition) is 1. The number of nitrogens with one attached hydrogen (secondary N) is 1. The zero-order valence-corrected chi connectivity index (χ0v) is 16.6. The first-order chi connectivity index (χ1) is 13.0. The lowest BCUT2D eigenvalue weighted by Gasteiger charge is -2.18. The SMILES string of the molecule is Cc1ccc(-c2nc(C)c(C(=O)Nc3ccc(N4CCC(C)C4)cc3)s2)o1. The van der Waals surface area contributed by atoms with Crippen molar-refractivity contribution in [2.45, 2.75) is 27.2 Å². The van der Waals surface area contributed by atoms with Gasteiger partial charge in [0, 0.05) is 24.5 Å². The average molecular weight is 382 g/mol. The Hall–Kier alpha value is -2.60. The molecule has 0 radical (unpaired) electrons. The first kappa shape index (κ1) is 17.8. The molecular formula is C21H23N3O2S. The van der Waals surface area contributed by atoms with Gasteiger partial charge in [0.1, 0.15) is 10.6 Å². The van der Waals surface area contributed by atoms with Gasteiger partial charge in [-0.3, -0.25) is 4.79 Å². The Bertz CT molecular complexity index is 958. The van der Waals surface area contributed by atoms with Gasteiger partial charge in [-0.1, -0.05) is 6.92 Å². The van der Waals surface area contributed by atoms with Crippen LogP contribution in [0.1, 0.15) is 34.5 Å². The molecule has 1 unspecified atom stereocenters. The molecule has 0 spiro atoms. The fourth-order valence-corrected chi connectivity index (χ4v) is 4.30. The molecule has 1 amide bonds. The summed E-state index contributed by atoms with van der Waals surface area (Å²) in [5.41, 5.74) is 2.71. The fourth-order valence-electron chi connectivity index (χ4n) is 3.37. The summed E-state index contributed by atoms with van der Waals surface area (Å²) in [7, 11) is 0. The summed E-state index contributed by atoms with van der Waals surface area (Å²) in [6.07, 6.45) is 1.24. The number of thiazole rings is 1. The number of anilines is 2. The van der Waals surface area contributed by atoms with Gasteiger partial charge in [0.2, 0.25) is 0 Å². The molecule has 140 valence electrons. The van der Waals surface area contributed by atoms with Gasteiger partial charge >= 0.3 is 0 Å². The van der Waals surface area contributed by atoms with E-state index >= 15 is 0 Å². The van der Waals surface area contributed by atoms with Crippen molar-refractivity contribution in [3.63, 3.8) is 0 Å². The molecule has 1 aromatic carbocycles. The number of furan rings is 1. The predicted octanol–water partition coefficient (Wildman–Crippen LogP) is 5.12. The van der Waals surface area contributed by atoms with Crippen LogP contribution >= 0.6 is 11.3 Å². The number of benzene rings is 1. The van der Waals surface area contributed by atoms with E-state index in [4.69, 9.17) is 4.42 Å². The molecule has 1 aliphatic rings. The van der Waals surface area contributed by atoms with Crippen LogP contribution in [0.15, 0.2) is 40.8 Å². The number of hydrogen-bond acceptors (Lipinski definition) is 5. The Kier molecular flexibility index (Phi) is 4.74. The predicted molar refractivity (Wildman–Crippen MR) is 110 cm³/mol. The Morgan fingerprint density at radius 1 is 1.22 bits per heavy atom. The summed E-state index contributed by atoms with van der Waals surface area (Å²) >= 11 is 1.35. The third kappa shape index (κ3) is 3.76. The molecule has 1 atom stereocenters. The molecule has 6 heteroatoms. The normalized spacial score (nSPS) is 16.7. The molecule has 2 aromatic heterocycles. The molecule has 4 rings (SSSR count). The zero-order valence-electron chi connectivity index (χ0n) is 15.8. The van der Waals surface area contributed by atoms with Crippen LogP contribution in [-0.2, 0) is 0 Å². The number of aryl methyl sites for hydroxylation is 2. The van der Waals surface area contributed by atoms with Crippen LogP contribution in [0.3, 0.4) is 0 Å². The highest BCUT2D eigenvalue weighted by Gasteiger charge is 2.20. The molecular weight excluding hydrogens is 358 g/mol. The van der Waals surface area contributed by atoms with Gasteiger partial charge in [-0.15, -0.1) is 11.3 Å². The van der Waals surface area contributed by atoms with Crippen molar-refractivity contribution in [2.24, 2.45) is 5.92 Å². The van der Waals surface area contributed by atoms with E-state index in [1.165, 1.54) is 23.4 Å². The molecule has 0 aliphatic carbocycles. The minimum absolute atomic E-state index is 0.137. The van der Waals surface area contributed by atoms with E-state index in [1.54, 1.807) is 0 Å². The van der Waals surface area contributed by atoms with Crippen molar-refractivity contribution in [3.05, 3.63) is 52.7 Å². The van der Waals surface area contributed by atoms with Crippen molar-refractivity contribution in [3.8, 4) is 10.8 Å². The van der Waals surface area contributed by atoms with Crippen LogP contribution in [0, 0.1) is 19.8 Å². The van der Waals surface area contributed by atoms with E-state index < -0.39 is 0 Å². The molecule has 3 aromatic rings. The summed E-state index contributed by atoms with van der Waals surface area (Å²) in [5.74, 6) is 2.13. The Balaban J connectivity index is 1.47. The van der Waals surface area contributed by atoms with Crippen molar-refractivity contribution < 1.29 is 9.21 Å². The summed E-state index contributed by atoms with van der Waals surface area (Å²) in [6.45, 7) is 8.22. The molecule has 1 aliphatic heterocycles. The fraction of sp³-hybridized carbons (Fsp3) is 0.333. The van der Waals surface area contributed by atoms with Crippen LogP contribution < -0.4 is 10.2 Å². The average Bonchev–Trinajstić information content (AvgIpc) is 3.36. The summed E-state index contributed by atoms with van der Waals surface area (Å²) < 4.78 is 5.62. The number of aromatic nitrogens is 1. The van der Waals surface area contributed by atoms with E-state index in [0.29, 0.717) is 16.3 Å². The highest BCUT2D eigenvalue weighted by Crippen LogP contribution is 2.30. The molecule has 5 nitrogen and oxygen atoms in total. The number of amides is 1. The van der Waals surface area contributed by atoms with Crippen LogP contribution in [0.2, 0.25) is 0 Å². The topological polar surface area (TPSA) is 58.4 Å². The van der Waals surface area contributed by atoms with Crippen molar-refractivity contribution in [1.29, 1.82) is 0 Å². The standard InChI is InChI=1S/C21H23N3O2S/c1-13-10-11-24(12-13)17-7-5-16(6-8-17)23-20(25)19-15(3)22-21(27-19)18-9-4-14(2)26-18/h4-9,13H,10-12H2,1-3H3,(H,23,25). The highest BCUT2D eigenvalue weighted by molar-refractivity contribution is 7.17. The number of carbonyl (C=O) groups excluding carboxylic acids is 1. The Labute approximate surface area is 163 Å². The third-order valence-corrected chi connectivity index (χ3v) is 6.04. The summed E-state index contributed by atoms with van der Waals surface area (Å²) in [6, 6.07) is 11.9. The largest absolute Gasteiger partial charge is 0.459 e. The van der Waals surface area contributed by atoms with Crippen molar-refractivity contribution in [1.82, 2.24) is 4.98 Å². The van der Waals surface area contributed by atoms with Gasteiger partial charge in [0.25, 0.3) is 5.91 Å². The van der Waals surface area contributed by atoms with E-state index in [1.807, 2.05) is 38.1 Å². The lowest BCUT2D eigenvalue weighted by atomic mass is 10.2. The second-order valence-corrected chi connectivity index (χ2v) is 8.18. The molecule has 27 heavy (non-hydrogen) atoms. The van der Waals surface area contributed by atoms with E-state index in [-0.39, 0.29) is 5.91 Å². The second kappa shape index (κ2) is 7.19. The minimum atomic E-state index is -0.137. The molecule has 0 bridgehead atoms. The van der Waals surface area contributed by atoms with Crippen molar-refractivity contribution >= 4 is 28.6 Å².